The highest BCUT2D eigenvalue weighted by Crippen LogP contribution is 2.14. The van der Waals surface area contributed by atoms with E-state index in [1.165, 1.54) is 24.3 Å². The second kappa shape index (κ2) is 7.31. The van der Waals surface area contributed by atoms with Crippen LogP contribution in [-0.2, 0) is 14.3 Å². The van der Waals surface area contributed by atoms with E-state index in [4.69, 9.17) is 9.84 Å². The molecule has 0 bridgehead atoms. The van der Waals surface area contributed by atoms with Crippen LogP contribution >= 0.6 is 0 Å². The molecule has 1 aromatic carbocycles. The molecule has 0 aliphatic carbocycles. The predicted octanol–water partition coefficient (Wildman–Crippen LogP) is 2.64. The first-order valence-corrected chi connectivity index (χ1v) is 5.88. The van der Waals surface area contributed by atoms with Gasteiger partial charge >= 0.3 is 11.9 Å². The lowest BCUT2D eigenvalue weighted by molar-refractivity contribution is -0.138. The molecular weight excluding hydrogens is 251 g/mol. The van der Waals surface area contributed by atoms with Crippen LogP contribution in [-0.4, -0.2) is 23.7 Å². The van der Waals surface area contributed by atoms with Crippen LogP contribution in [0.25, 0.3) is 6.08 Å². The summed E-state index contributed by atoms with van der Waals surface area (Å²) in [5.41, 5.74) is 0.711. The fourth-order valence-corrected chi connectivity index (χ4v) is 1.50. The Morgan fingerprint density at radius 3 is 2.68 bits per heavy atom. The summed E-state index contributed by atoms with van der Waals surface area (Å²) in [5.74, 6) is -2.00. The monoisotopic (exact) mass is 266 g/mol. The minimum Gasteiger partial charge on any atom is -0.481 e. The normalized spacial score (nSPS) is 11.2. The van der Waals surface area contributed by atoms with Gasteiger partial charge in [0.1, 0.15) is 5.82 Å². The number of ether oxygens (including phenoxy) is 1. The molecule has 0 amide bonds. The first-order chi connectivity index (χ1) is 9.02. The number of rotatable bonds is 6. The van der Waals surface area contributed by atoms with Crippen molar-refractivity contribution in [1.82, 2.24) is 0 Å². The minimum atomic E-state index is -1.01. The van der Waals surface area contributed by atoms with Crippen LogP contribution in [0.4, 0.5) is 4.39 Å². The molecule has 0 saturated carbocycles. The number of carbonyl (C=O) groups excluding carboxylic acids is 1. The van der Waals surface area contributed by atoms with Crippen LogP contribution < -0.4 is 0 Å². The average molecular weight is 266 g/mol. The number of carbonyl (C=O) groups is 2. The molecule has 0 spiro atoms. The van der Waals surface area contributed by atoms with Crippen molar-refractivity contribution in [2.45, 2.75) is 19.8 Å². The van der Waals surface area contributed by atoms with Crippen LogP contribution in [0.15, 0.2) is 29.8 Å². The SMILES string of the molecule is CCOC(=O)/C(=C/c1cccc(F)c1)CCC(=O)O. The van der Waals surface area contributed by atoms with Gasteiger partial charge in [-0.2, -0.15) is 0 Å². The van der Waals surface area contributed by atoms with Gasteiger partial charge < -0.3 is 9.84 Å². The van der Waals surface area contributed by atoms with Crippen molar-refractivity contribution in [2.75, 3.05) is 6.61 Å². The Morgan fingerprint density at radius 1 is 1.37 bits per heavy atom. The van der Waals surface area contributed by atoms with E-state index in [0.717, 1.165) is 0 Å². The highest BCUT2D eigenvalue weighted by atomic mass is 19.1. The summed E-state index contributed by atoms with van der Waals surface area (Å²) in [6, 6.07) is 5.70. The summed E-state index contributed by atoms with van der Waals surface area (Å²) in [4.78, 5) is 22.2. The van der Waals surface area contributed by atoms with Gasteiger partial charge in [-0.05, 0) is 37.1 Å². The molecule has 19 heavy (non-hydrogen) atoms. The number of hydrogen-bond acceptors (Lipinski definition) is 3. The van der Waals surface area contributed by atoms with E-state index in [1.54, 1.807) is 13.0 Å². The van der Waals surface area contributed by atoms with Gasteiger partial charge in [-0.15, -0.1) is 0 Å². The summed E-state index contributed by atoms with van der Waals surface area (Å²) in [7, 11) is 0. The Kier molecular flexibility index (Phi) is 5.73. The summed E-state index contributed by atoms with van der Waals surface area (Å²) >= 11 is 0. The predicted molar refractivity (Wildman–Crippen MR) is 67.9 cm³/mol. The zero-order valence-corrected chi connectivity index (χ0v) is 10.6. The molecule has 4 nitrogen and oxygen atoms in total. The first kappa shape index (κ1) is 14.9. The van der Waals surface area contributed by atoms with Crippen molar-refractivity contribution in [2.24, 2.45) is 0 Å². The quantitative estimate of drug-likeness (QED) is 0.635. The zero-order valence-electron chi connectivity index (χ0n) is 10.6. The summed E-state index contributed by atoms with van der Waals surface area (Å²) < 4.78 is 17.9. The van der Waals surface area contributed by atoms with Crippen LogP contribution in [0.1, 0.15) is 25.3 Å². The number of carboxylic acid groups (broad SMARTS) is 1. The average Bonchev–Trinajstić information content (AvgIpc) is 2.34. The van der Waals surface area contributed by atoms with Gasteiger partial charge in [0.2, 0.25) is 0 Å². The number of benzene rings is 1. The van der Waals surface area contributed by atoms with E-state index in [1.807, 2.05) is 0 Å². The van der Waals surface area contributed by atoms with Gasteiger partial charge in [-0.3, -0.25) is 4.79 Å². The molecule has 1 aromatic rings. The Hall–Kier alpha value is -2.17. The Labute approximate surface area is 110 Å². The summed E-state index contributed by atoms with van der Waals surface area (Å²) in [6.45, 7) is 1.86. The number of halogens is 1. The second-order valence-electron chi connectivity index (χ2n) is 3.84. The Bertz CT molecular complexity index is 494. The maximum Gasteiger partial charge on any atom is 0.334 e. The van der Waals surface area contributed by atoms with Crippen molar-refractivity contribution in [3.8, 4) is 0 Å². The van der Waals surface area contributed by atoms with E-state index < -0.39 is 17.8 Å². The molecule has 5 heteroatoms. The molecule has 1 rings (SSSR count). The molecule has 0 aliphatic rings. The molecule has 0 aromatic heterocycles. The van der Waals surface area contributed by atoms with Crippen LogP contribution in [0.2, 0.25) is 0 Å². The van der Waals surface area contributed by atoms with Gasteiger partial charge in [0.15, 0.2) is 0 Å². The largest absolute Gasteiger partial charge is 0.481 e. The molecular formula is C14H15FO4. The van der Waals surface area contributed by atoms with Crippen molar-refractivity contribution in [3.63, 3.8) is 0 Å². The Morgan fingerprint density at radius 2 is 2.11 bits per heavy atom. The van der Waals surface area contributed by atoms with E-state index in [-0.39, 0.29) is 25.0 Å². The van der Waals surface area contributed by atoms with E-state index >= 15 is 0 Å². The molecule has 0 aliphatic heterocycles. The third kappa shape index (κ3) is 5.33. The second-order valence-corrected chi connectivity index (χ2v) is 3.84. The van der Waals surface area contributed by atoms with Crippen molar-refractivity contribution in [3.05, 3.63) is 41.2 Å². The number of aliphatic carboxylic acids is 1. The number of carboxylic acids is 1. The lowest BCUT2D eigenvalue weighted by Gasteiger charge is -2.06. The van der Waals surface area contributed by atoms with Crippen LogP contribution in [0, 0.1) is 5.82 Å². The minimum absolute atomic E-state index is 0.0463. The molecule has 1 N–H and O–H groups in total. The van der Waals surface area contributed by atoms with E-state index in [0.29, 0.717) is 5.56 Å². The first-order valence-electron chi connectivity index (χ1n) is 5.88. The lowest BCUT2D eigenvalue weighted by atomic mass is 10.1. The summed E-state index contributed by atoms with van der Waals surface area (Å²) in [5, 5.41) is 8.64. The zero-order chi connectivity index (χ0) is 14.3. The highest BCUT2D eigenvalue weighted by molar-refractivity contribution is 5.94. The standard InChI is InChI=1S/C14H15FO4/c1-2-19-14(18)11(6-7-13(16)17)8-10-4-3-5-12(15)9-10/h3-5,8-9H,2,6-7H2,1H3,(H,16,17)/b11-8+. The van der Waals surface area contributed by atoms with E-state index in [9.17, 15) is 14.0 Å². The third-order valence-electron chi connectivity index (χ3n) is 2.34. The molecule has 0 atom stereocenters. The topological polar surface area (TPSA) is 63.6 Å². The molecule has 102 valence electrons. The van der Waals surface area contributed by atoms with Crippen LogP contribution in [0.3, 0.4) is 0 Å². The highest BCUT2D eigenvalue weighted by Gasteiger charge is 2.12. The molecule has 0 heterocycles. The summed E-state index contributed by atoms with van der Waals surface area (Å²) in [6.07, 6.45) is 1.31. The van der Waals surface area contributed by atoms with Crippen molar-refractivity contribution < 1.29 is 23.8 Å². The van der Waals surface area contributed by atoms with Gasteiger partial charge in [0, 0.05) is 12.0 Å². The molecule has 0 saturated heterocycles. The number of esters is 1. The van der Waals surface area contributed by atoms with Gasteiger partial charge in [-0.1, -0.05) is 12.1 Å². The Balaban J connectivity index is 2.94. The smallest absolute Gasteiger partial charge is 0.334 e. The van der Waals surface area contributed by atoms with Crippen molar-refractivity contribution in [1.29, 1.82) is 0 Å². The molecule has 0 fully saturated rings. The fraction of sp³-hybridized carbons (Fsp3) is 0.286. The maximum atomic E-state index is 13.0. The fourth-order valence-electron chi connectivity index (χ4n) is 1.50. The van der Waals surface area contributed by atoms with Gasteiger partial charge in [0.05, 0.1) is 6.61 Å². The van der Waals surface area contributed by atoms with Crippen LogP contribution in [0.5, 0.6) is 0 Å². The van der Waals surface area contributed by atoms with Gasteiger partial charge in [0.25, 0.3) is 0 Å². The lowest BCUT2D eigenvalue weighted by Crippen LogP contribution is -2.09. The molecule has 0 unspecified atom stereocenters. The molecule has 0 radical (unpaired) electrons. The van der Waals surface area contributed by atoms with Crippen molar-refractivity contribution >= 4 is 18.0 Å². The third-order valence-corrected chi connectivity index (χ3v) is 2.34. The number of hydrogen-bond donors (Lipinski definition) is 1. The van der Waals surface area contributed by atoms with E-state index in [2.05, 4.69) is 0 Å². The maximum absolute atomic E-state index is 13.0. The van der Waals surface area contributed by atoms with Gasteiger partial charge in [-0.25, -0.2) is 9.18 Å².